The van der Waals surface area contributed by atoms with Crippen molar-refractivity contribution in [3.05, 3.63) is 64.7 Å². The molecule has 0 spiro atoms. The van der Waals surface area contributed by atoms with E-state index >= 15 is 0 Å². The SMILES string of the molecule is CSc1ccccc1NC(=O)CN(C)C(=O)/C=C/c1ccc(C)c(Cl)c1. The van der Waals surface area contributed by atoms with Gasteiger partial charge in [0.15, 0.2) is 0 Å². The predicted octanol–water partition coefficient (Wildman–Crippen LogP) is 4.48. The first-order valence-corrected chi connectivity index (χ1v) is 9.63. The summed E-state index contributed by atoms with van der Waals surface area (Å²) in [5.74, 6) is -0.496. The summed E-state index contributed by atoms with van der Waals surface area (Å²) in [5, 5.41) is 3.49. The van der Waals surface area contributed by atoms with Gasteiger partial charge in [-0.1, -0.05) is 35.9 Å². The summed E-state index contributed by atoms with van der Waals surface area (Å²) in [5.41, 5.74) is 2.56. The number of hydrogen-bond acceptors (Lipinski definition) is 3. The molecule has 2 aromatic rings. The Hall–Kier alpha value is -2.24. The lowest BCUT2D eigenvalue weighted by molar-refractivity contribution is -0.129. The van der Waals surface area contributed by atoms with Crippen molar-refractivity contribution in [2.75, 3.05) is 25.2 Å². The number of hydrogen-bond donors (Lipinski definition) is 1. The summed E-state index contributed by atoms with van der Waals surface area (Å²) in [4.78, 5) is 26.7. The first-order chi connectivity index (χ1) is 12.4. The molecule has 0 aliphatic heterocycles. The molecule has 6 heteroatoms. The van der Waals surface area contributed by atoms with Crippen LogP contribution in [0.5, 0.6) is 0 Å². The van der Waals surface area contributed by atoms with Crippen LogP contribution in [0.15, 0.2) is 53.4 Å². The third-order valence-corrected chi connectivity index (χ3v) is 4.96. The molecule has 0 bridgehead atoms. The fourth-order valence-corrected chi connectivity index (χ4v) is 2.98. The second kappa shape index (κ2) is 9.46. The molecule has 0 saturated heterocycles. The van der Waals surface area contributed by atoms with Crippen LogP contribution in [0.4, 0.5) is 5.69 Å². The van der Waals surface area contributed by atoms with Gasteiger partial charge in [-0.25, -0.2) is 0 Å². The summed E-state index contributed by atoms with van der Waals surface area (Å²) in [6.07, 6.45) is 5.07. The Morgan fingerprint density at radius 1 is 1.23 bits per heavy atom. The number of para-hydroxylation sites is 1. The van der Waals surface area contributed by atoms with Crippen molar-refractivity contribution in [1.29, 1.82) is 0 Å². The van der Waals surface area contributed by atoms with Crippen LogP contribution in [-0.2, 0) is 9.59 Å². The summed E-state index contributed by atoms with van der Waals surface area (Å²) < 4.78 is 0. The Kier molecular flexibility index (Phi) is 7.30. The van der Waals surface area contributed by atoms with Crippen molar-refractivity contribution < 1.29 is 9.59 Å². The van der Waals surface area contributed by atoms with E-state index in [-0.39, 0.29) is 18.4 Å². The van der Waals surface area contributed by atoms with Crippen molar-refractivity contribution in [1.82, 2.24) is 4.90 Å². The molecular formula is C20H21ClN2O2S. The lowest BCUT2D eigenvalue weighted by atomic mass is 10.1. The van der Waals surface area contributed by atoms with Gasteiger partial charge in [-0.3, -0.25) is 9.59 Å². The van der Waals surface area contributed by atoms with Crippen LogP contribution < -0.4 is 5.32 Å². The van der Waals surface area contributed by atoms with Crippen LogP contribution in [0.3, 0.4) is 0 Å². The predicted molar refractivity (Wildman–Crippen MR) is 110 cm³/mol. The molecule has 0 atom stereocenters. The number of nitrogens with one attached hydrogen (secondary N) is 1. The van der Waals surface area contributed by atoms with Gasteiger partial charge in [0.25, 0.3) is 0 Å². The third-order valence-electron chi connectivity index (χ3n) is 3.75. The molecule has 4 nitrogen and oxygen atoms in total. The molecule has 0 aliphatic carbocycles. The standard InChI is InChI=1S/C20H21ClN2O2S/c1-14-8-9-15(12-16(14)21)10-11-20(25)23(2)13-19(24)22-17-6-4-5-7-18(17)26-3/h4-12H,13H2,1-3H3,(H,22,24)/b11-10+. The topological polar surface area (TPSA) is 49.4 Å². The molecule has 0 aromatic heterocycles. The highest BCUT2D eigenvalue weighted by molar-refractivity contribution is 7.98. The number of rotatable bonds is 6. The zero-order valence-corrected chi connectivity index (χ0v) is 16.5. The monoisotopic (exact) mass is 388 g/mol. The van der Waals surface area contributed by atoms with Crippen molar-refractivity contribution in [2.24, 2.45) is 0 Å². The number of anilines is 1. The maximum absolute atomic E-state index is 12.2. The van der Waals surface area contributed by atoms with Gasteiger partial charge in [0.1, 0.15) is 0 Å². The average molecular weight is 389 g/mol. The zero-order chi connectivity index (χ0) is 19.1. The molecule has 0 fully saturated rings. The van der Waals surface area contributed by atoms with Crippen LogP contribution in [0, 0.1) is 6.92 Å². The molecule has 0 heterocycles. The Labute approximate surface area is 163 Å². The number of nitrogens with zero attached hydrogens (tertiary/aromatic N) is 1. The molecule has 26 heavy (non-hydrogen) atoms. The van der Waals surface area contributed by atoms with Gasteiger partial charge < -0.3 is 10.2 Å². The van der Waals surface area contributed by atoms with E-state index < -0.39 is 0 Å². The molecule has 0 aliphatic rings. The fourth-order valence-electron chi connectivity index (χ4n) is 2.24. The number of carbonyl (C=O) groups excluding carboxylic acids is 2. The number of carbonyl (C=O) groups is 2. The van der Waals surface area contributed by atoms with Gasteiger partial charge in [0.05, 0.1) is 12.2 Å². The lowest BCUT2D eigenvalue weighted by Gasteiger charge is -2.16. The van der Waals surface area contributed by atoms with E-state index in [0.29, 0.717) is 5.02 Å². The normalized spacial score (nSPS) is 10.8. The summed E-state index contributed by atoms with van der Waals surface area (Å²) in [7, 11) is 1.59. The Bertz CT molecular complexity index is 836. The Balaban J connectivity index is 1.94. The first kappa shape index (κ1) is 20.1. The highest BCUT2D eigenvalue weighted by Crippen LogP contribution is 2.24. The second-order valence-corrected chi connectivity index (χ2v) is 7.04. The van der Waals surface area contributed by atoms with Crippen molar-refractivity contribution in [2.45, 2.75) is 11.8 Å². The molecular weight excluding hydrogens is 368 g/mol. The van der Waals surface area contributed by atoms with Crippen molar-refractivity contribution in [3.63, 3.8) is 0 Å². The van der Waals surface area contributed by atoms with E-state index in [2.05, 4.69) is 5.32 Å². The number of aryl methyl sites for hydroxylation is 1. The van der Waals surface area contributed by atoms with Crippen LogP contribution in [0.1, 0.15) is 11.1 Å². The van der Waals surface area contributed by atoms with E-state index in [1.54, 1.807) is 31.0 Å². The fraction of sp³-hybridized carbons (Fsp3) is 0.200. The molecule has 0 unspecified atom stereocenters. The van der Waals surface area contributed by atoms with Crippen LogP contribution in [-0.4, -0.2) is 36.6 Å². The maximum atomic E-state index is 12.2. The number of amides is 2. The Morgan fingerprint density at radius 2 is 1.96 bits per heavy atom. The zero-order valence-electron chi connectivity index (χ0n) is 15.0. The van der Waals surface area contributed by atoms with Gasteiger partial charge in [-0.2, -0.15) is 0 Å². The lowest BCUT2D eigenvalue weighted by Crippen LogP contribution is -2.33. The first-order valence-electron chi connectivity index (χ1n) is 8.03. The summed E-state index contributed by atoms with van der Waals surface area (Å²) >= 11 is 7.63. The van der Waals surface area contributed by atoms with Gasteiger partial charge in [0.2, 0.25) is 11.8 Å². The van der Waals surface area contributed by atoms with E-state index in [1.807, 2.05) is 49.6 Å². The maximum Gasteiger partial charge on any atom is 0.246 e. The molecule has 136 valence electrons. The molecule has 2 amide bonds. The quantitative estimate of drug-likeness (QED) is 0.586. The minimum Gasteiger partial charge on any atom is -0.333 e. The highest BCUT2D eigenvalue weighted by atomic mass is 35.5. The largest absolute Gasteiger partial charge is 0.333 e. The molecule has 2 aromatic carbocycles. The molecule has 1 N–H and O–H groups in total. The summed E-state index contributed by atoms with van der Waals surface area (Å²) in [6, 6.07) is 13.1. The van der Waals surface area contributed by atoms with Gasteiger partial charge in [-0.15, -0.1) is 11.8 Å². The van der Waals surface area contributed by atoms with Crippen LogP contribution in [0.25, 0.3) is 6.08 Å². The minimum absolute atomic E-state index is 0.0272. The summed E-state index contributed by atoms with van der Waals surface area (Å²) in [6.45, 7) is 1.89. The number of likely N-dealkylation sites (N-methyl/N-ethyl adjacent to an activating group) is 1. The van der Waals surface area contributed by atoms with Crippen molar-refractivity contribution >= 4 is 46.9 Å². The molecule has 0 radical (unpaired) electrons. The third kappa shape index (κ3) is 5.64. The van der Waals surface area contributed by atoms with E-state index in [9.17, 15) is 9.59 Å². The molecule has 0 saturated carbocycles. The minimum atomic E-state index is -0.255. The number of benzene rings is 2. The smallest absolute Gasteiger partial charge is 0.246 e. The van der Waals surface area contributed by atoms with E-state index in [1.165, 1.54) is 11.0 Å². The van der Waals surface area contributed by atoms with Gasteiger partial charge >= 0.3 is 0 Å². The van der Waals surface area contributed by atoms with Gasteiger partial charge in [0, 0.05) is 23.0 Å². The number of halogens is 1. The van der Waals surface area contributed by atoms with E-state index in [4.69, 9.17) is 11.6 Å². The molecule has 2 rings (SSSR count). The highest BCUT2D eigenvalue weighted by Gasteiger charge is 2.12. The van der Waals surface area contributed by atoms with Crippen molar-refractivity contribution in [3.8, 4) is 0 Å². The number of thioether (sulfide) groups is 1. The Morgan fingerprint density at radius 3 is 2.65 bits per heavy atom. The average Bonchev–Trinajstić information content (AvgIpc) is 2.62. The van der Waals surface area contributed by atoms with Crippen LogP contribution in [0.2, 0.25) is 5.02 Å². The second-order valence-electron chi connectivity index (χ2n) is 5.78. The van der Waals surface area contributed by atoms with E-state index in [0.717, 1.165) is 21.7 Å². The van der Waals surface area contributed by atoms with Gasteiger partial charge in [-0.05, 0) is 48.6 Å². The van der Waals surface area contributed by atoms with Crippen LogP contribution >= 0.6 is 23.4 Å².